The van der Waals surface area contributed by atoms with E-state index in [4.69, 9.17) is 0 Å². The van der Waals surface area contributed by atoms with Crippen LogP contribution in [0.3, 0.4) is 0 Å². The van der Waals surface area contributed by atoms with Gasteiger partial charge >= 0.3 is 0 Å². The molecule has 0 radical (unpaired) electrons. The van der Waals surface area contributed by atoms with E-state index in [-0.39, 0.29) is 17.6 Å². The molecule has 2 N–H and O–H groups in total. The van der Waals surface area contributed by atoms with Crippen LogP contribution in [-0.2, 0) is 17.8 Å². The summed E-state index contributed by atoms with van der Waals surface area (Å²) in [4.78, 5) is 16.6. The van der Waals surface area contributed by atoms with Gasteiger partial charge in [-0.15, -0.1) is 0 Å². The Morgan fingerprint density at radius 2 is 2.35 bits per heavy atom. The summed E-state index contributed by atoms with van der Waals surface area (Å²) in [7, 11) is 0. The highest BCUT2D eigenvalue weighted by Gasteiger charge is 2.25. The predicted molar refractivity (Wildman–Crippen MR) is 75.5 cm³/mol. The van der Waals surface area contributed by atoms with E-state index in [1.54, 1.807) is 24.4 Å². The molecular formula is C15H17N3O2. The number of phenolic OH excluding ortho intramolecular Hbond substituents is 1. The van der Waals surface area contributed by atoms with Crippen LogP contribution in [0.2, 0.25) is 0 Å². The zero-order valence-electron chi connectivity index (χ0n) is 11.3. The molecule has 1 aliphatic rings. The number of nitrogens with zero attached hydrogens (tertiary/aromatic N) is 2. The molecule has 1 amide bonds. The van der Waals surface area contributed by atoms with Crippen molar-refractivity contribution in [2.45, 2.75) is 26.3 Å². The summed E-state index contributed by atoms with van der Waals surface area (Å²) in [5, 5.41) is 12.4. The number of nitrogens with one attached hydrogen (secondary N) is 1. The Hall–Kier alpha value is -2.30. The lowest BCUT2D eigenvalue weighted by molar-refractivity contribution is -0.120. The summed E-state index contributed by atoms with van der Waals surface area (Å²) in [6.07, 6.45) is 5.23. The van der Waals surface area contributed by atoms with Gasteiger partial charge in [0, 0.05) is 37.0 Å². The molecule has 20 heavy (non-hydrogen) atoms. The fourth-order valence-corrected chi connectivity index (χ4v) is 2.55. The van der Waals surface area contributed by atoms with Gasteiger partial charge in [0.05, 0.1) is 0 Å². The fourth-order valence-electron chi connectivity index (χ4n) is 2.55. The first-order valence-corrected chi connectivity index (χ1v) is 6.74. The number of aromatic hydroxyl groups is 1. The van der Waals surface area contributed by atoms with E-state index in [0.717, 1.165) is 30.0 Å². The van der Waals surface area contributed by atoms with E-state index in [2.05, 4.69) is 14.9 Å². The van der Waals surface area contributed by atoms with Crippen LogP contribution in [0.1, 0.15) is 17.8 Å². The van der Waals surface area contributed by atoms with Gasteiger partial charge in [0.25, 0.3) is 0 Å². The third-order valence-corrected chi connectivity index (χ3v) is 3.78. The Morgan fingerprint density at radius 3 is 3.15 bits per heavy atom. The Labute approximate surface area is 117 Å². The number of amides is 1. The van der Waals surface area contributed by atoms with Crippen molar-refractivity contribution in [2.75, 3.05) is 5.32 Å². The van der Waals surface area contributed by atoms with Gasteiger partial charge in [0.2, 0.25) is 5.91 Å². The van der Waals surface area contributed by atoms with Crippen LogP contribution < -0.4 is 5.32 Å². The van der Waals surface area contributed by atoms with Crippen LogP contribution in [0.15, 0.2) is 30.6 Å². The van der Waals surface area contributed by atoms with Crippen LogP contribution >= 0.6 is 0 Å². The highest BCUT2D eigenvalue weighted by atomic mass is 16.3. The Balaban J connectivity index is 1.69. The number of rotatable bonds is 2. The highest BCUT2D eigenvalue weighted by Crippen LogP contribution is 2.23. The van der Waals surface area contributed by atoms with Crippen molar-refractivity contribution in [3.05, 3.63) is 42.0 Å². The van der Waals surface area contributed by atoms with Crippen LogP contribution in [0.25, 0.3) is 0 Å². The predicted octanol–water partition coefficient (Wildman–Crippen LogP) is 2.10. The van der Waals surface area contributed by atoms with Gasteiger partial charge in [-0.05, 0) is 37.1 Å². The smallest absolute Gasteiger partial charge is 0.228 e. The minimum Gasteiger partial charge on any atom is -0.508 e. The average molecular weight is 271 g/mol. The molecule has 0 unspecified atom stereocenters. The molecule has 3 rings (SSSR count). The quantitative estimate of drug-likeness (QED) is 0.822. The molecule has 0 bridgehead atoms. The lowest BCUT2D eigenvalue weighted by atomic mass is 9.96. The first kappa shape index (κ1) is 12.7. The number of aryl methyl sites for hydroxylation is 2. The second-order valence-electron chi connectivity index (χ2n) is 5.22. The molecule has 0 fully saturated rings. The zero-order chi connectivity index (χ0) is 14.1. The second kappa shape index (κ2) is 5.00. The lowest BCUT2D eigenvalue weighted by Crippen LogP contribution is -2.30. The molecule has 0 spiro atoms. The molecule has 1 aromatic carbocycles. The molecule has 104 valence electrons. The van der Waals surface area contributed by atoms with Crippen molar-refractivity contribution in [1.29, 1.82) is 0 Å². The van der Waals surface area contributed by atoms with E-state index in [9.17, 15) is 9.90 Å². The summed E-state index contributed by atoms with van der Waals surface area (Å²) < 4.78 is 2.09. The molecule has 0 aliphatic carbocycles. The van der Waals surface area contributed by atoms with Gasteiger partial charge in [-0.2, -0.15) is 0 Å². The monoisotopic (exact) mass is 271 g/mol. The number of carbonyl (C=O) groups is 1. The summed E-state index contributed by atoms with van der Waals surface area (Å²) >= 11 is 0. The van der Waals surface area contributed by atoms with Crippen molar-refractivity contribution < 1.29 is 9.90 Å². The van der Waals surface area contributed by atoms with Gasteiger partial charge in [0.1, 0.15) is 11.6 Å². The van der Waals surface area contributed by atoms with Crippen LogP contribution in [0.5, 0.6) is 5.75 Å². The maximum absolute atomic E-state index is 12.3. The molecule has 5 heteroatoms. The van der Waals surface area contributed by atoms with Crippen LogP contribution in [-0.4, -0.2) is 20.6 Å². The molecule has 1 atom stereocenters. The normalized spacial score (nSPS) is 17.6. The van der Waals surface area contributed by atoms with E-state index >= 15 is 0 Å². The lowest BCUT2D eigenvalue weighted by Gasteiger charge is -2.22. The number of anilines is 1. The fraction of sp³-hybridized carbons (Fsp3) is 0.333. The first-order valence-electron chi connectivity index (χ1n) is 6.74. The standard InChI is InChI=1S/C15H17N3O2/c1-10-8-12(2-3-13(10)19)17-15(20)11-4-6-18-7-5-16-14(18)9-11/h2-3,5,7-8,11,19H,4,6,9H2,1H3,(H,17,20)/t11-/m1/s1. The maximum atomic E-state index is 12.3. The van der Waals surface area contributed by atoms with Crippen LogP contribution in [0.4, 0.5) is 5.69 Å². The molecule has 5 nitrogen and oxygen atoms in total. The first-order chi connectivity index (χ1) is 9.63. The van der Waals surface area contributed by atoms with Gasteiger partial charge in [-0.25, -0.2) is 4.98 Å². The SMILES string of the molecule is Cc1cc(NC(=O)[C@@H]2CCn3ccnc3C2)ccc1O. The molecular weight excluding hydrogens is 254 g/mol. The maximum Gasteiger partial charge on any atom is 0.228 e. The molecule has 0 saturated heterocycles. The number of hydrogen-bond donors (Lipinski definition) is 2. The largest absolute Gasteiger partial charge is 0.508 e. The van der Waals surface area contributed by atoms with Gasteiger partial charge < -0.3 is 15.0 Å². The number of aromatic nitrogens is 2. The third-order valence-electron chi connectivity index (χ3n) is 3.78. The number of benzene rings is 1. The number of carbonyl (C=O) groups excluding carboxylic acids is 1. The summed E-state index contributed by atoms with van der Waals surface area (Å²) in [5.74, 6) is 1.18. The van der Waals surface area contributed by atoms with Crippen molar-refractivity contribution >= 4 is 11.6 Å². The Morgan fingerprint density at radius 1 is 1.50 bits per heavy atom. The van der Waals surface area contributed by atoms with Gasteiger partial charge in [-0.3, -0.25) is 4.79 Å². The number of imidazole rings is 1. The molecule has 1 aliphatic heterocycles. The Bertz CT molecular complexity index is 648. The summed E-state index contributed by atoms with van der Waals surface area (Å²) in [5.41, 5.74) is 1.47. The molecule has 0 saturated carbocycles. The van der Waals surface area contributed by atoms with Crippen LogP contribution in [0, 0.1) is 12.8 Å². The second-order valence-corrected chi connectivity index (χ2v) is 5.22. The molecule has 2 aromatic rings. The summed E-state index contributed by atoms with van der Waals surface area (Å²) in [6.45, 7) is 2.64. The van der Waals surface area contributed by atoms with Crippen molar-refractivity contribution in [3.63, 3.8) is 0 Å². The van der Waals surface area contributed by atoms with E-state index in [0.29, 0.717) is 6.42 Å². The molecule has 1 aromatic heterocycles. The van der Waals surface area contributed by atoms with Gasteiger partial charge in [-0.1, -0.05) is 0 Å². The van der Waals surface area contributed by atoms with E-state index < -0.39 is 0 Å². The van der Waals surface area contributed by atoms with Crippen molar-refractivity contribution in [3.8, 4) is 5.75 Å². The average Bonchev–Trinajstić information content (AvgIpc) is 2.90. The van der Waals surface area contributed by atoms with Crippen molar-refractivity contribution in [1.82, 2.24) is 9.55 Å². The van der Waals surface area contributed by atoms with E-state index in [1.807, 2.05) is 13.1 Å². The van der Waals surface area contributed by atoms with Crippen molar-refractivity contribution in [2.24, 2.45) is 5.92 Å². The zero-order valence-corrected chi connectivity index (χ0v) is 11.3. The molecule has 2 heterocycles. The minimum absolute atomic E-state index is 0.0179. The Kier molecular flexibility index (Phi) is 3.18. The summed E-state index contributed by atoms with van der Waals surface area (Å²) in [6, 6.07) is 5.08. The van der Waals surface area contributed by atoms with E-state index in [1.165, 1.54) is 0 Å². The third kappa shape index (κ3) is 2.39. The number of phenols is 1. The number of fused-ring (bicyclic) bond motifs is 1. The highest BCUT2D eigenvalue weighted by molar-refractivity contribution is 5.92. The number of hydrogen-bond acceptors (Lipinski definition) is 3. The minimum atomic E-state index is -0.0426. The topological polar surface area (TPSA) is 67.2 Å². The van der Waals surface area contributed by atoms with Gasteiger partial charge in [0.15, 0.2) is 0 Å².